The summed E-state index contributed by atoms with van der Waals surface area (Å²) in [5.41, 5.74) is 0.893. The average Bonchev–Trinajstić information content (AvgIpc) is 2.58. The van der Waals surface area contributed by atoms with Crippen LogP contribution in [-0.4, -0.2) is 27.4 Å². The highest BCUT2D eigenvalue weighted by Gasteiger charge is 2.31. The number of hydrogen-bond acceptors (Lipinski definition) is 3. The predicted octanol–water partition coefficient (Wildman–Crippen LogP) is 1.12. The van der Waals surface area contributed by atoms with Crippen molar-refractivity contribution in [2.75, 3.05) is 6.61 Å². The number of aliphatic hydroxyl groups excluding tert-OH is 1. The Labute approximate surface area is 83.5 Å². The van der Waals surface area contributed by atoms with E-state index in [-0.39, 0.29) is 6.61 Å². The number of ether oxygens (including phenoxy) is 1. The molecule has 0 atom stereocenters. The molecular weight excluding hydrogens is 180 g/mol. The molecule has 0 aliphatic heterocycles. The van der Waals surface area contributed by atoms with Crippen LogP contribution in [0.5, 0.6) is 0 Å². The van der Waals surface area contributed by atoms with Crippen LogP contribution >= 0.6 is 0 Å². The van der Waals surface area contributed by atoms with E-state index in [1.807, 2.05) is 6.92 Å². The van der Waals surface area contributed by atoms with E-state index in [0.717, 1.165) is 25.1 Å². The molecule has 0 unspecified atom stereocenters. The van der Waals surface area contributed by atoms with Gasteiger partial charge in [-0.05, 0) is 19.8 Å². The van der Waals surface area contributed by atoms with E-state index in [1.54, 1.807) is 12.5 Å². The second-order valence-corrected chi connectivity index (χ2v) is 3.65. The van der Waals surface area contributed by atoms with Crippen molar-refractivity contribution in [1.29, 1.82) is 0 Å². The van der Waals surface area contributed by atoms with E-state index in [4.69, 9.17) is 9.84 Å². The number of hydrogen-bond donors (Lipinski definition) is 1. The fraction of sp³-hybridized carbons (Fsp3) is 0.700. The number of imidazole rings is 1. The van der Waals surface area contributed by atoms with Crippen LogP contribution in [0.3, 0.4) is 0 Å². The quantitative estimate of drug-likeness (QED) is 0.784. The number of rotatable bonds is 4. The molecule has 1 N–H and O–H groups in total. The van der Waals surface area contributed by atoms with Gasteiger partial charge in [0.2, 0.25) is 0 Å². The number of aliphatic hydroxyl groups is 1. The molecule has 1 fully saturated rings. The molecule has 0 aromatic carbocycles. The van der Waals surface area contributed by atoms with Gasteiger partial charge in [-0.25, -0.2) is 4.98 Å². The molecule has 78 valence electrons. The van der Waals surface area contributed by atoms with E-state index in [9.17, 15) is 0 Å². The molecule has 0 bridgehead atoms. The monoisotopic (exact) mass is 196 g/mol. The smallest absolute Gasteiger partial charge is 0.0951 e. The molecular formula is C10H16N2O2. The molecule has 1 aliphatic carbocycles. The maximum atomic E-state index is 9.05. The van der Waals surface area contributed by atoms with E-state index in [1.165, 1.54) is 0 Å². The molecule has 0 spiro atoms. The van der Waals surface area contributed by atoms with Gasteiger partial charge in [0.1, 0.15) is 0 Å². The molecule has 2 rings (SSSR count). The Morgan fingerprint density at radius 3 is 3.07 bits per heavy atom. The van der Waals surface area contributed by atoms with Gasteiger partial charge in [-0.1, -0.05) is 0 Å². The summed E-state index contributed by atoms with van der Waals surface area (Å²) in [6.45, 7) is 2.87. The molecule has 1 aliphatic rings. The van der Waals surface area contributed by atoms with Crippen molar-refractivity contribution < 1.29 is 9.84 Å². The van der Waals surface area contributed by atoms with Gasteiger partial charge >= 0.3 is 0 Å². The topological polar surface area (TPSA) is 47.3 Å². The molecule has 4 nitrogen and oxygen atoms in total. The zero-order valence-corrected chi connectivity index (χ0v) is 8.39. The van der Waals surface area contributed by atoms with Crippen molar-refractivity contribution >= 4 is 0 Å². The maximum Gasteiger partial charge on any atom is 0.0951 e. The lowest BCUT2D eigenvalue weighted by Crippen LogP contribution is -2.33. The van der Waals surface area contributed by atoms with Crippen molar-refractivity contribution in [3.63, 3.8) is 0 Å². The van der Waals surface area contributed by atoms with Crippen LogP contribution in [0.2, 0.25) is 0 Å². The van der Waals surface area contributed by atoms with Gasteiger partial charge in [0.25, 0.3) is 0 Å². The first kappa shape index (κ1) is 9.68. The third kappa shape index (κ3) is 1.67. The lowest BCUT2D eigenvalue weighted by atomic mass is 9.89. The lowest BCUT2D eigenvalue weighted by molar-refractivity contribution is -0.0209. The zero-order valence-electron chi connectivity index (χ0n) is 8.39. The minimum atomic E-state index is 0.0653. The van der Waals surface area contributed by atoms with Crippen LogP contribution in [0, 0.1) is 0 Å². The molecule has 4 heteroatoms. The molecule has 0 saturated heterocycles. The summed E-state index contributed by atoms with van der Waals surface area (Å²) in [5, 5.41) is 9.05. The van der Waals surface area contributed by atoms with E-state index < -0.39 is 0 Å². The largest absolute Gasteiger partial charge is 0.390 e. The van der Waals surface area contributed by atoms with Crippen molar-refractivity contribution in [1.82, 2.24) is 9.55 Å². The fourth-order valence-corrected chi connectivity index (χ4v) is 1.92. The average molecular weight is 196 g/mol. The van der Waals surface area contributed by atoms with E-state index in [2.05, 4.69) is 9.55 Å². The second-order valence-electron chi connectivity index (χ2n) is 3.65. The van der Waals surface area contributed by atoms with Crippen LogP contribution < -0.4 is 0 Å². The first-order chi connectivity index (χ1) is 6.85. The minimum absolute atomic E-state index is 0.0653. The summed E-state index contributed by atoms with van der Waals surface area (Å²) in [5.74, 6) is 0. The van der Waals surface area contributed by atoms with Crippen LogP contribution in [0.15, 0.2) is 12.5 Å². The summed E-state index contributed by atoms with van der Waals surface area (Å²) in [4.78, 5) is 4.03. The standard InChI is InChI=1S/C10H16N2O2/c1-2-14-10-3-8(4-10)12-7-11-5-9(12)6-13/h5,7-8,10,13H,2-4,6H2,1H3. The Balaban J connectivity index is 1.92. The normalized spacial score (nSPS) is 26.1. The molecule has 0 radical (unpaired) electrons. The van der Waals surface area contributed by atoms with E-state index >= 15 is 0 Å². The van der Waals surface area contributed by atoms with Crippen LogP contribution in [0.4, 0.5) is 0 Å². The zero-order chi connectivity index (χ0) is 9.97. The summed E-state index contributed by atoms with van der Waals surface area (Å²) in [7, 11) is 0. The number of aromatic nitrogens is 2. The van der Waals surface area contributed by atoms with Gasteiger partial charge in [0.05, 0.1) is 30.9 Å². The summed E-state index contributed by atoms with van der Waals surface area (Å²) in [6, 6.07) is 0.469. The molecule has 1 heterocycles. The van der Waals surface area contributed by atoms with Gasteiger partial charge < -0.3 is 14.4 Å². The Hall–Kier alpha value is -0.870. The number of nitrogens with zero attached hydrogens (tertiary/aromatic N) is 2. The highest BCUT2D eigenvalue weighted by Crippen LogP contribution is 2.35. The molecule has 1 aromatic heterocycles. The van der Waals surface area contributed by atoms with Gasteiger partial charge in [0.15, 0.2) is 0 Å². The molecule has 1 saturated carbocycles. The Bertz CT molecular complexity index is 292. The summed E-state index contributed by atoms with van der Waals surface area (Å²) < 4.78 is 7.53. The SMILES string of the molecule is CCOC1CC(n2cncc2CO)C1. The summed E-state index contributed by atoms with van der Waals surface area (Å²) >= 11 is 0. The molecule has 14 heavy (non-hydrogen) atoms. The maximum absolute atomic E-state index is 9.05. The first-order valence-electron chi connectivity index (χ1n) is 5.08. The Morgan fingerprint density at radius 1 is 1.64 bits per heavy atom. The molecule has 1 aromatic rings. The van der Waals surface area contributed by atoms with Crippen LogP contribution in [0.1, 0.15) is 31.5 Å². The van der Waals surface area contributed by atoms with Gasteiger partial charge in [-0.2, -0.15) is 0 Å². The van der Waals surface area contributed by atoms with Crippen molar-refractivity contribution in [2.24, 2.45) is 0 Å². The third-order valence-corrected chi connectivity index (χ3v) is 2.77. The highest BCUT2D eigenvalue weighted by atomic mass is 16.5. The fourth-order valence-electron chi connectivity index (χ4n) is 1.92. The van der Waals surface area contributed by atoms with Crippen LogP contribution in [0.25, 0.3) is 0 Å². The van der Waals surface area contributed by atoms with Crippen molar-refractivity contribution in [3.8, 4) is 0 Å². The van der Waals surface area contributed by atoms with Gasteiger partial charge in [0, 0.05) is 12.6 Å². The predicted molar refractivity (Wildman–Crippen MR) is 51.8 cm³/mol. The first-order valence-corrected chi connectivity index (χ1v) is 5.08. The second kappa shape index (κ2) is 4.11. The van der Waals surface area contributed by atoms with Crippen molar-refractivity contribution in [2.45, 2.75) is 38.5 Å². The third-order valence-electron chi connectivity index (χ3n) is 2.77. The van der Waals surface area contributed by atoms with E-state index in [0.29, 0.717) is 12.1 Å². The van der Waals surface area contributed by atoms with Crippen LogP contribution in [-0.2, 0) is 11.3 Å². The van der Waals surface area contributed by atoms with Gasteiger partial charge in [-0.15, -0.1) is 0 Å². The Kier molecular flexibility index (Phi) is 2.84. The molecule has 0 amide bonds. The lowest BCUT2D eigenvalue weighted by Gasteiger charge is -2.36. The summed E-state index contributed by atoms with van der Waals surface area (Å²) in [6.07, 6.45) is 5.99. The highest BCUT2D eigenvalue weighted by molar-refractivity contribution is 5.01. The Morgan fingerprint density at radius 2 is 2.43 bits per heavy atom. The van der Waals surface area contributed by atoms with Crippen molar-refractivity contribution in [3.05, 3.63) is 18.2 Å². The van der Waals surface area contributed by atoms with Gasteiger partial charge in [-0.3, -0.25) is 0 Å². The minimum Gasteiger partial charge on any atom is -0.390 e.